The van der Waals surface area contributed by atoms with E-state index in [1.165, 1.54) is 19.1 Å². The number of carbonyl (C=O) groups is 1. The summed E-state index contributed by atoms with van der Waals surface area (Å²) >= 11 is 6.22. The van der Waals surface area contributed by atoms with Crippen LogP contribution < -0.4 is 14.4 Å². The zero-order chi connectivity index (χ0) is 25.1. The number of ether oxygens (including phenoxy) is 1. The number of aromatic nitrogens is 1. The first-order chi connectivity index (χ1) is 15.9. The smallest absolute Gasteiger partial charge is 0.404 e. The highest BCUT2D eigenvalue weighted by Crippen LogP contribution is 2.26. The number of nitrogens with zero attached hydrogens (tertiary/aromatic N) is 3. The largest absolute Gasteiger partial charge is 0.573 e. The van der Waals surface area contributed by atoms with E-state index >= 15 is 0 Å². The molecule has 0 atom stereocenters. The number of sulfonamides is 1. The first-order valence-corrected chi connectivity index (χ1v) is 12.1. The van der Waals surface area contributed by atoms with Crippen molar-refractivity contribution in [3.05, 3.63) is 52.4 Å². The zero-order valence-corrected chi connectivity index (χ0v) is 19.5. The number of piperazine rings is 1. The van der Waals surface area contributed by atoms with Crippen molar-refractivity contribution in [3.63, 3.8) is 0 Å². The highest BCUT2D eigenvalue weighted by molar-refractivity contribution is 7.90. The van der Waals surface area contributed by atoms with Crippen LogP contribution in [0.2, 0.25) is 5.02 Å². The number of nitrogens with one attached hydrogen (secondary N) is 1. The lowest BCUT2D eigenvalue weighted by Gasteiger charge is -2.35. The van der Waals surface area contributed by atoms with Crippen molar-refractivity contribution in [3.8, 4) is 5.75 Å². The Bertz CT molecular complexity index is 1140. The normalized spacial score (nSPS) is 15.3. The number of hydrogen-bond acceptors (Lipinski definition) is 7. The van der Waals surface area contributed by atoms with Crippen LogP contribution in [0.25, 0.3) is 0 Å². The lowest BCUT2D eigenvalue weighted by atomic mass is 10.1. The van der Waals surface area contributed by atoms with Gasteiger partial charge in [-0.15, -0.1) is 13.2 Å². The molecule has 1 N–H and O–H groups in total. The molecule has 0 unspecified atom stereocenters. The topological polar surface area (TPSA) is 91.8 Å². The van der Waals surface area contributed by atoms with Crippen molar-refractivity contribution in [1.29, 1.82) is 0 Å². The van der Waals surface area contributed by atoms with Crippen molar-refractivity contribution in [2.75, 3.05) is 36.8 Å². The van der Waals surface area contributed by atoms with E-state index in [2.05, 4.69) is 9.72 Å². The molecule has 0 aliphatic carbocycles. The molecule has 14 heteroatoms. The molecule has 0 bridgehead atoms. The molecule has 1 aromatic heterocycles. The van der Waals surface area contributed by atoms with Gasteiger partial charge in [-0.25, -0.2) is 22.5 Å². The summed E-state index contributed by atoms with van der Waals surface area (Å²) in [6, 6.07) is 4.82. The van der Waals surface area contributed by atoms with E-state index in [1.807, 2.05) is 9.80 Å². The van der Waals surface area contributed by atoms with Crippen molar-refractivity contribution in [1.82, 2.24) is 14.6 Å². The van der Waals surface area contributed by atoms with Crippen LogP contribution in [0.15, 0.2) is 30.5 Å². The van der Waals surface area contributed by atoms with Gasteiger partial charge in [0.05, 0.1) is 17.5 Å². The average Bonchev–Trinajstić information content (AvgIpc) is 2.76. The number of benzene rings is 1. The average molecular weight is 525 g/mol. The highest BCUT2D eigenvalue weighted by atomic mass is 35.5. The van der Waals surface area contributed by atoms with Crippen LogP contribution in [0, 0.1) is 5.82 Å². The van der Waals surface area contributed by atoms with Gasteiger partial charge in [0.15, 0.2) is 0 Å². The number of pyridine rings is 1. The molecule has 8 nitrogen and oxygen atoms in total. The van der Waals surface area contributed by atoms with Crippen LogP contribution in [0.4, 0.5) is 23.4 Å². The molecule has 1 aromatic carbocycles. The molecular formula is C20H21ClF4N4O4S. The third-order valence-corrected chi connectivity index (χ3v) is 6.66. The quantitative estimate of drug-likeness (QED) is 0.556. The molecule has 34 heavy (non-hydrogen) atoms. The highest BCUT2D eigenvalue weighted by Gasteiger charge is 2.31. The summed E-state index contributed by atoms with van der Waals surface area (Å²) in [5.41, 5.74) is -0.0473. The van der Waals surface area contributed by atoms with Gasteiger partial charge in [-0.1, -0.05) is 11.6 Å². The Morgan fingerprint density at radius 3 is 2.44 bits per heavy atom. The number of carbonyl (C=O) groups excluding carboxylic acids is 1. The SMILES string of the molecule is CCS(=O)(=O)NC(=O)c1cc(Cl)c(CN2CCN(c3ccc(OC(F)(F)F)cn3)CC2)cc1F. The molecule has 0 spiro atoms. The van der Waals surface area contributed by atoms with Crippen molar-refractivity contribution in [2.45, 2.75) is 19.8 Å². The second kappa shape index (κ2) is 10.3. The van der Waals surface area contributed by atoms with E-state index in [9.17, 15) is 30.8 Å². The zero-order valence-electron chi connectivity index (χ0n) is 17.9. The fraction of sp³-hybridized carbons (Fsp3) is 0.400. The second-order valence-electron chi connectivity index (χ2n) is 7.42. The fourth-order valence-electron chi connectivity index (χ4n) is 3.28. The first-order valence-electron chi connectivity index (χ1n) is 10.1. The van der Waals surface area contributed by atoms with Gasteiger partial charge < -0.3 is 9.64 Å². The van der Waals surface area contributed by atoms with Crippen molar-refractivity contribution >= 4 is 33.3 Å². The first kappa shape index (κ1) is 26.0. The van der Waals surface area contributed by atoms with Crippen LogP contribution in [-0.4, -0.2) is 62.5 Å². The number of amides is 1. The van der Waals surface area contributed by atoms with Gasteiger partial charge in [-0.3, -0.25) is 9.69 Å². The van der Waals surface area contributed by atoms with Gasteiger partial charge in [-0.05, 0) is 36.8 Å². The van der Waals surface area contributed by atoms with Gasteiger partial charge in [0.2, 0.25) is 10.0 Å². The summed E-state index contributed by atoms with van der Waals surface area (Å²) < 4.78 is 80.0. The number of rotatable bonds is 7. The van der Waals surface area contributed by atoms with Gasteiger partial charge in [-0.2, -0.15) is 0 Å². The van der Waals surface area contributed by atoms with E-state index < -0.39 is 39.4 Å². The maximum Gasteiger partial charge on any atom is 0.573 e. The summed E-state index contributed by atoms with van der Waals surface area (Å²) in [7, 11) is -3.85. The number of halogens is 5. The van der Waals surface area contributed by atoms with Crippen LogP contribution in [0.5, 0.6) is 5.75 Å². The molecule has 3 rings (SSSR count). The Balaban J connectivity index is 1.60. The molecule has 0 saturated carbocycles. The van der Waals surface area contributed by atoms with Gasteiger partial charge >= 0.3 is 6.36 Å². The Kier molecular flexibility index (Phi) is 7.88. The van der Waals surface area contributed by atoms with Crippen LogP contribution in [-0.2, 0) is 16.6 Å². The summed E-state index contributed by atoms with van der Waals surface area (Å²) in [5.74, 6) is -2.24. The van der Waals surface area contributed by atoms with Crippen LogP contribution >= 0.6 is 11.6 Å². The molecule has 186 valence electrons. The van der Waals surface area contributed by atoms with Gasteiger partial charge in [0, 0.05) is 37.7 Å². The minimum absolute atomic E-state index is 0.116. The van der Waals surface area contributed by atoms with Crippen molar-refractivity contribution in [2.24, 2.45) is 0 Å². The standard InChI is InChI=1S/C20H21ClF4N4O4S/c1-2-34(31,32)27-19(30)15-10-16(21)13(9-17(15)22)12-28-5-7-29(8-6-28)18-4-3-14(11-26-18)33-20(23,24)25/h3-4,9-11H,2,5-8,12H2,1H3,(H,27,30). The Morgan fingerprint density at radius 2 is 1.88 bits per heavy atom. The Labute approximate surface area is 198 Å². The molecule has 1 amide bonds. The Hall–Kier alpha value is -2.64. The van der Waals surface area contributed by atoms with Gasteiger partial charge in [0.25, 0.3) is 5.91 Å². The number of anilines is 1. The third-order valence-electron chi connectivity index (χ3n) is 5.05. The van der Waals surface area contributed by atoms with Crippen LogP contribution in [0.1, 0.15) is 22.8 Å². The predicted molar refractivity (Wildman–Crippen MR) is 117 cm³/mol. The summed E-state index contributed by atoms with van der Waals surface area (Å²) in [6.45, 7) is 3.73. The Morgan fingerprint density at radius 1 is 1.21 bits per heavy atom. The minimum atomic E-state index is -4.79. The summed E-state index contributed by atoms with van der Waals surface area (Å²) in [5, 5.41) is 0.116. The van der Waals surface area contributed by atoms with E-state index in [1.54, 1.807) is 4.72 Å². The van der Waals surface area contributed by atoms with E-state index in [0.29, 0.717) is 37.6 Å². The molecular weight excluding hydrogens is 504 g/mol. The molecule has 1 aliphatic rings. The van der Waals surface area contributed by atoms with Gasteiger partial charge in [0.1, 0.15) is 17.4 Å². The predicted octanol–water partition coefficient (Wildman–Crippen LogP) is 3.17. The van der Waals surface area contributed by atoms with E-state index in [0.717, 1.165) is 18.3 Å². The molecule has 2 aromatic rings. The maximum atomic E-state index is 14.5. The lowest BCUT2D eigenvalue weighted by Crippen LogP contribution is -2.46. The fourth-order valence-corrected chi connectivity index (χ4v) is 4.04. The molecule has 1 saturated heterocycles. The maximum absolute atomic E-state index is 14.5. The monoisotopic (exact) mass is 524 g/mol. The number of hydrogen-bond donors (Lipinski definition) is 1. The lowest BCUT2D eigenvalue weighted by molar-refractivity contribution is -0.274. The molecule has 1 fully saturated rings. The van der Waals surface area contributed by atoms with Crippen molar-refractivity contribution < 1.29 is 35.5 Å². The summed E-state index contributed by atoms with van der Waals surface area (Å²) in [4.78, 5) is 20.0. The number of alkyl halides is 3. The third kappa shape index (κ3) is 6.93. The molecule has 1 aliphatic heterocycles. The second-order valence-corrected chi connectivity index (χ2v) is 9.84. The van der Waals surface area contributed by atoms with E-state index in [4.69, 9.17) is 11.6 Å². The van der Waals surface area contributed by atoms with E-state index in [-0.39, 0.29) is 17.3 Å². The minimum Gasteiger partial charge on any atom is -0.404 e. The molecule has 2 heterocycles. The molecule has 0 radical (unpaired) electrons. The summed E-state index contributed by atoms with van der Waals surface area (Å²) in [6.07, 6.45) is -3.79. The van der Waals surface area contributed by atoms with Crippen LogP contribution in [0.3, 0.4) is 0 Å².